The first-order valence-corrected chi connectivity index (χ1v) is 9.42. The Morgan fingerprint density at radius 1 is 0.929 bits per heavy atom. The minimum Gasteiger partial charge on any atom is -0.491 e. The van der Waals surface area contributed by atoms with E-state index in [9.17, 15) is 0 Å². The average Bonchev–Trinajstić information content (AvgIpc) is 3.18. The number of pyridine rings is 1. The van der Waals surface area contributed by atoms with Crippen LogP contribution in [0.3, 0.4) is 0 Å². The number of tetrazole rings is 1. The minimum atomic E-state index is 0.144. The molecule has 28 heavy (non-hydrogen) atoms. The molecule has 2 aromatic carbocycles. The maximum Gasteiger partial charge on any atom is 0.183 e. The van der Waals surface area contributed by atoms with Crippen molar-refractivity contribution in [1.29, 1.82) is 0 Å². The van der Waals surface area contributed by atoms with Crippen LogP contribution in [0.1, 0.15) is 25.0 Å². The third kappa shape index (κ3) is 4.02. The van der Waals surface area contributed by atoms with Crippen LogP contribution in [0.4, 0.5) is 0 Å². The van der Waals surface area contributed by atoms with E-state index in [0.29, 0.717) is 13.1 Å². The number of para-hydroxylation sites is 1. The summed E-state index contributed by atoms with van der Waals surface area (Å²) in [5.41, 5.74) is 5.16. The normalized spacial score (nSPS) is 11.2. The minimum absolute atomic E-state index is 0.144. The average molecular weight is 373 g/mol. The van der Waals surface area contributed by atoms with Gasteiger partial charge < -0.3 is 10.1 Å². The Labute approximate surface area is 164 Å². The number of ether oxygens (including phenoxy) is 1. The number of nitrogens with zero attached hydrogens (tertiary/aromatic N) is 4. The summed E-state index contributed by atoms with van der Waals surface area (Å²) in [6.07, 6.45) is 2.10. The van der Waals surface area contributed by atoms with Gasteiger partial charge in [0, 0.05) is 36.0 Å². The van der Waals surface area contributed by atoms with E-state index < -0.39 is 0 Å². The number of hydrogen-bond donors (Lipinski definition) is 1. The summed E-state index contributed by atoms with van der Waals surface area (Å²) >= 11 is 0. The summed E-state index contributed by atoms with van der Waals surface area (Å²) in [4.78, 5) is 0. The van der Waals surface area contributed by atoms with Gasteiger partial charge in [-0.1, -0.05) is 48.5 Å². The zero-order chi connectivity index (χ0) is 19.3. The molecule has 0 spiro atoms. The topological polar surface area (TPSA) is 64.3 Å². The molecule has 0 aliphatic heterocycles. The monoisotopic (exact) mass is 373 g/mol. The van der Waals surface area contributed by atoms with Gasteiger partial charge in [0.1, 0.15) is 5.75 Å². The standard InChI is InChI=1S/C22H23N5O/c1-16(2)28-21-11-7-6-10-18(21)13-23-14-19-12-20(17-8-4-3-5-9-17)15-27-22(19)24-25-26-27/h3-12,15-16,23H,13-14H2,1-2H3. The van der Waals surface area contributed by atoms with E-state index in [-0.39, 0.29) is 6.10 Å². The van der Waals surface area contributed by atoms with Crippen molar-refractivity contribution >= 4 is 5.65 Å². The summed E-state index contributed by atoms with van der Waals surface area (Å²) < 4.78 is 7.64. The third-order valence-corrected chi connectivity index (χ3v) is 4.44. The molecule has 6 nitrogen and oxygen atoms in total. The van der Waals surface area contributed by atoms with Crippen molar-refractivity contribution in [3.63, 3.8) is 0 Å². The van der Waals surface area contributed by atoms with Gasteiger partial charge in [-0.3, -0.25) is 0 Å². The van der Waals surface area contributed by atoms with E-state index in [1.54, 1.807) is 4.52 Å². The molecule has 0 saturated carbocycles. The van der Waals surface area contributed by atoms with E-state index in [2.05, 4.69) is 45.1 Å². The van der Waals surface area contributed by atoms with Crippen molar-refractivity contribution in [1.82, 2.24) is 25.4 Å². The van der Waals surface area contributed by atoms with Crippen molar-refractivity contribution in [3.05, 3.63) is 78.0 Å². The summed E-state index contributed by atoms with van der Waals surface area (Å²) in [6.45, 7) is 5.43. The molecule has 142 valence electrons. The number of aromatic nitrogens is 4. The molecule has 0 unspecified atom stereocenters. The van der Waals surface area contributed by atoms with Crippen LogP contribution in [0.25, 0.3) is 16.8 Å². The SMILES string of the molecule is CC(C)Oc1ccccc1CNCc1cc(-c2ccccc2)cn2nnnc12. The lowest BCUT2D eigenvalue weighted by Crippen LogP contribution is -2.16. The fraction of sp³-hybridized carbons (Fsp3) is 0.227. The van der Waals surface area contributed by atoms with E-state index >= 15 is 0 Å². The van der Waals surface area contributed by atoms with Crippen LogP contribution in [0.5, 0.6) is 5.75 Å². The smallest absolute Gasteiger partial charge is 0.183 e. The van der Waals surface area contributed by atoms with Crippen molar-refractivity contribution in [2.75, 3.05) is 0 Å². The Bertz CT molecular complexity index is 1060. The molecule has 0 atom stereocenters. The highest BCUT2D eigenvalue weighted by Gasteiger charge is 2.10. The quantitative estimate of drug-likeness (QED) is 0.533. The summed E-state index contributed by atoms with van der Waals surface area (Å²) in [5.74, 6) is 0.914. The fourth-order valence-electron chi connectivity index (χ4n) is 3.18. The van der Waals surface area contributed by atoms with Crippen LogP contribution in [-0.4, -0.2) is 26.1 Å². The molecule has 2 heterocycles. The molecule has 0 aliphatic carbocycles. The van der Waals surface area contributed by atoms with Crippen LogP contribution < -0.4 is 10.1 Å². The lowest BCUT2D eigenvalue weighted by molar-refractivity contribution is 0.239. The molecule has 4 aromatic rings. The molecule has 0 aliphatic rings. The maximum absolute atomic E-state index is 5.91. The molecule has 0 radical (unpaired) electrons. The Hall–Kier alpha value is -3.25. The Morgan fingerprint density at radius 2 is 1.68 bits per heavy atom. The molecule has 6 heteroatoms. The molecular weight excluding hydrogens is 350 g/mol. The van der Waals surface area contributed by atoms with E-state index in [4.69, 9.17) is 4.74 Å². The Morgan fingerprint density at radius 3 is 2.50 bits per heavy atom. The molecule has 1 N–H and O–H groups in total. The Kier molecular flexibility index (Phi) is 5.30. The molecule has 4 rings (SSSR count). The summed E-state index contributed by atoms with van der Waals surface area (Å²) in [6, 6.07) is 20.5. The number of rotatable bonds is 7. The predicted molar refractivity (Wildman–Crippen MR) is 109 cm³/mol. The van der Waals surface area contributed by atoms with Crippen LogP contribution in [-0.2, 0) is 13.1 Å². The van der Waals surface area contributed by atoms with E-state index in [1.165, 1.54) is 0 Å². The van der Waals surface area contributed by atoms with Gasteiger partial charge >= 0.3 is 0 Å². The maximum atomic E-state index is 5.91. The highest BCUT2D eigenvalue weighted by atomic mass is 16.5. The van der Waals surface area contributed by atoms with Gasteiger partial charge in [0.25, 0.3) is 0 Å². The van der Waals surface area contributed by atoms with Crippen molar-refractivity contribution < 1.29 is 4.74 Å². The van der Waals surface area contributed by atoms with Gasteiger partial charge in [0.15, 0.2) is 5.65 Å². The van der Waals surface area contributed by atoms with Gasteiger partial charge in [-0.2, -0.15) is 4.52 Å². The number of fused-ring (bicyclic) bond motifs is 1. The second-order valence-corrected chi connectivity index (χ2v) is 6.94. The second kappa shape index (κ2) is 8.19. The zero-order valence-corrected chi connectivity index (χ0v) is 16.0. The second-order valence-electron chi connectivity index (χ2n) is 6.94. The lowest BCUT2D eigenvalue weighted by atomic mass is 10.1. The van der Waals surface area contributed by atoms with Crippen molar-refractivity contribution in [2.45, 2.75) is 33.0 Å². The Balaban J connectivity index is 1.55. The highest BCUT2D eigenvalue weighted by Crippen LogP contribution is 2.23. The fourth-order valence-corrected chi connectivity index (χ4v) is 3.18. The molecule has 0 amide bonds. The van der Waals surface area contributed by atoms with E-state index in [0.717, 1.165) is 33.7 Å². The van der Waals surface area contributed by atoms with Crippen LogP contribution >= 0.6 is 0 Å². The number of nitrogens with one attached hydrogen (secondary N) is 1. The van der Waals surface area contributed by atoms with Gasteiger partial charge in [0.05, 0.1) is 6.10 Å². The lowest BCUT2D eigenvalue weighted by Gasteiger charge is -2.15. The van der Waals surface area contributed by atoms with Crippen LogP contribution in [0, 0.1) is 0 Å². The largest absolute Gasteiger partial charge is 0.491 e. The first-order valence-electron chi connectivity index (χ1n) is 9.42. The predicted octanol–water partition coefficient (Wildman–Crippen LogP) is 3.87. The summed E-state index contributed by atoms with van der Waals surface area (Å²) in [5, 5.41) is 15.6. The van der Waals surface area contributed by atoms with Gasteiger partial charge in [-0.05, 0) is 42.0 Å². The molecular formula is C22H23N5O. The number of hydrogen-bond acceptors (Lipinski definition) is 5. The van der Waals surface area contributed by atoms with Gasteiger partial charge in [0.2, 0.25) is 0 Å². The molecule has 2 aromatic heterocycles. The highest BCUT2D eigenvalue weighted by molar-refractivity contribution is 5.66. The van der Waals surface area contributed by atoms with Crippen LogP contribution in [0.2, 0.25) is 0 Å². The molecule has 0 bridgehead atoms. The summed E-state index contributed by atoms with van der Waals surface area (Å²) in [7, 11) is 0. The first-order chi connectivity index (χ1) is 13.7. The first kappa shape index (κ1) is 18.1. The molecule has 0 fully saturated rings. The van der Waals surface area contributed by atoms with Crippen molar-refractivity contribution in [3.8, 4) is 16.9 Å². The third-order valence-electron chi connectivity index (χ3n) is 4.44. The van der Waals surface area contributed by atoms with Gasteiger partial charge in [-0.15, -0.1) is 5.10 Å². The van der Waals surface area contributed by atoms with Crippen LogP contribution in [0.15, 0.2) is 66.9 Å². The van der Waals surface area contributed by atoms with Crippen molar-refractivity contribution in [2.24, 2.45) is 0 Å². The van der Waals surface area contributed by atoms with Gasteiger partial charge in [-0.25, -0.2) is 0 Å². The number of benzene rings is 2. The molecule has 0 saturated heterocycles. The van der Waals surface area contributed by atoms with E-state index in [1.807, 2.05) is 56.4 Å². The zero-order valence-electron chi connectivity index (χ0n) is 16.0.